The topological polar surface area (TPSA) is 38.1 Å². The van der Waals surface area contributed by atoms with Gasteiger partial charge in [-0.3, -0.25) is 9.48 Å². The van der Waals surface area contributed by atoms with Gasteiger partial charge in [-0.1, -0.05) is 12.1 Å². The maximum absolute atomic E-state index is 14.6. The van der Waals surface area contributed by atoms with E-state index in [1.54, 1.807) is 30.2 Å². The molecule has 1 aromatic heterocycles. The van der Waals surface area contributed by atoms with Crippen molar-refractivity contribution in [1.29, 1.82) is 0 Å². The van der Waals surface area contributed by atoms with E-state index in [9.17, 15) is 26.7 Å². The van der Waals surface area contributed by atoms with Crippen molar-refractivity contribution in [2.24, 2.45) is 7.05 Å². The zero-order valence-electron chi connectivity index (χ0n) is 15.0. The first-order chi connectivity index (χ1) is 13.6. The summed E-state index contributed by atoms with van der Waals surface area (Å²) in [7, 11) is 1.71. The van der Waals surface area contributed by atoms with Gasteiger partial charge in [0.2, 0.25) is 5.91 Å². The molecule has 0 saturated carbocycles. The summed E-state index contributed by atoms with van der Waals surface area (Å²) in [6.45, 7) is -0.400. The van der Waals surface area contributed by atoms with Gasteiger partial charge < -0.3 is 4.90 Å². The summed E-state index contributed by atoms with van der Waals surface area (Å²) in [6.07, 6.45) is -1.63. The molecule has 4 nitrogen and oxygen atoms in total. The van der Waals surface area contributed by atoms with Crippen LogP contribution in [0.15, 0.2) is 48.8 Å². The molecular formula is C20H14F5N3O. The quantitative estimate of drug-likeness (QED) is 0.597. The Morgan fingerprint density at radius 2 is 1.83 bits per heavy atom. The highest BCUT2D eigenvalue weighted by molar-refractivity contribution is 6.05. The van der Waals surface area contributed by atoms with Crippen LogP contribution in [-0.4, -0.2) is 21.9 Å². The number of nitrogens with zero attached hydrogens (tertiary/aromatic N) is 3. The molecule has 9 heteroatoms. The molecule has 1 aliphatic heterocycles. The molecular weight excluding hydrogens is 393 g/mol. The Balaban J connectivity index is 1.68. The molecule has 2 aromatic carbocycles. The monoisotopic (exact) mass is 407 g/mol. The molecule has 4 rings (SSSR count). The fourth-order valence-corrected chi connectivity index (χ4v) is 3.49. The number of hydrogen-bond acceptors (Lipinski definition) is 2. The molecule has 2 heterocycles. The Bertz CT molecular complexity index is 1110. The standard InChI is InChI=1S/C20H14F5N3O/c1-27-9-13(8-26-27)11-2-3-12(16(22)6-11)10-28-17-5-4-14(21)7-15(17)18(19(28)29)20(23,24)25/h2-9,18H,10H2,1H3. The number of fused-ring (bicyclic) bond motifs is 1. The zero-order chi connectivity index (χ0) is 20.9. The third-order valence-corrected chi connectivity index (χ3v) is 4.85. The zero-order valence-corrected chi connectivity index (χ0v) is 15.0. The van der Waals surface area contributed by atoms with E-state index in [-0.39, 0.29) is 11.3 Å². The van der Waals surface area contributed by atoms with E-state index >= 15 is 0 Å². The highest BCUT2D eigenvalue weighted by Gasteiger charge is 2.53. The number of halogens is 5. The lowest BCUT2D eigenvalue weighted by atomic mass is 10.0. The third kappa shape index (κ3) is 3.37. The summed E-state index contributed by atoms with van der Waals surface area (Å²) in [5.74, 6) is -5.27. The van der Waals surface area contributed by atoms with E-state index in [0.717, 1.165) is 17.0 Å². The molecule has 0 saturated heterocycles. The van der Waals surface area contributed by atoms with Gasteiger partial charge in [-0.05, 0) is 29.8 Å². The van der Waals surface area contributed by atoms with Crippen LogP contribution in [0.25, 0.3) is 11.1 Å². The van der Waals surface area contributed by atoms with Crippen LogP contribution >= 0.6 is 0 Å². The minimum Gasteiger partial charge on any atom is -0.307 e. The summed E-state index contributed by atoms with van der Waals surface area (Å²) >= 11 is 0. The second kappa shape index (κ2) is 6.68. The van der Waals surface area contributed by atoms with Crippen molar-refractivity contribution >= 4 is 11.6 Å². The van der Waals surface area contributed by atoms with Gasteiger partial charge >= 0.3 is 6.18 Å². The molecule has 0 N–H and O–H groups in total. The third-order valence-electron chi connectivity index (χ3n) is 4.85. The van der Waals surface area contributed by atoms with Crippen LogP contribution in [0.4, 0.5) is 27.6 Å². The van der Waals surface area contributed by atoms with Crippen LogP contribution in [0.5, 0.6) is 0 Å². The Labute approximate surface area is 162 Å². The SMILES string of the molecule is Cn1cc(-c2ccc(CN3C(=O)C(C(F)(F)F)c4cc(F)ccc43)c(F)c2)cn1. The molecule has 0 radical (unpaired) electrons. The first-order valence-corrected chi connectivity index (χ1v) is 8.60. The molecule has 3 aromatic rings. The minimum absolute atomic E-state index is 0.0455. The highest BCUT2D eigenvalue weighted by Crippen LogP contribution is 2.47. The number of rotatable bonds is 3. The molecule has 150 valence electrons. The second-order valence-electron chi connectivity index (χ2n) is 6.81. The predicted octanol–water partition coefficient (Wildman–Crippen LogP) is 4.56. The Morgan fingerprint density at radius 1 is 1.07 bits per heavy atom. The van der Waals surface area contributed by atoms with Crippen molar-refractivity contribution in [1.82, 2.24) is 9.78 Å². The number of aromatic nitrogens is 2. The number of amides is 1. The largest absolute Gasteiger partial charge is 0.404 e. The van der Waals surface area contributed by atoms with E-state index in [1.165, 1.54) is 12.1 Å². The van der Waals surface area contributed by atoms with Crippen LogP contribution in [0.1, 0.15) is 17.0 Å². The summed E-state index contributed by atoms with van der Waals surface area (Å²) in [5.41, 5.74) is 0.726. The van der Waals surface area contributed by atoms with Gasteiger partial charge in [0.15, 0.2) is 5.92 Å². The van der Waals surface area contributed by atoms with E-state index in [2.05, 4.69) is 5.10 Å². The van der Waals surface area contributed by atoms with Crippen molar-refractivity contribution in [3.63, 3.8) is 0 Å². The van der Waals surface area contributed by atoms with E-state index in [1.807, 2.05) is 0 Å². The number of aryl methyl sites for hydroxylation is 1. The Morgan fingerprint density at radius 3 is 2.45 bits per heavy atom. The average molecular weight is 407 g/mol. The van der Waals surface area contributed by atoms with Gasteiger partial charge in [0.25, 0.3) is 0 Å². The maximum atomic E-state index is 14.6. The van der Waals surface area contributed by atoms with Crippen molar-refractivity contribution in [3.05, 3.63) is 71.6 Å². The van der Waals surface area contributed by atoms with Crippen molar-refractivity contribution in [2.45, 2.75) is 18.6 Å². The summed E-state index contributed by atoms with van der Waals surface area (Å²) in [4.78, 5) is 13.3. The lowest BCUT2D eigenvalue weighted by Crippen LogP contribution is -2.34. The van der Waals surface area contributed by atoms with Crippen molar-refractivity contribution in [2.75, 3.05) is 4.90 Å². The second-order valence-corrected chi connectivity index (χ2v) is 6.81. The number of anilines is 1. The minimum atomic E-state index is -4.88. The molecule has 0 bridgehead atoms. The predicted molar refractivity (Wildman–Crippen MR) is 95.0 cm³/mol. The van der Waals surface area contributed by atoms with Crippen LogP contribution in [0, 0.1) is 11.6 Å². The first-order valence-electron chi connectivity index (χ1n) is 8.60. The van der Waals surface area contributed by atoms with Crippen LogP contribution in [-0.2, 0) is 18.4 Å². The van der Waals surface area contributed by atoms with Gasteiger partial charge in [0.1, 0.15) is 11.6 Å². The summed E-state index contributed by atoms with van der Waals surface area (Å²) < 4.78 is 69.9. The first kappa shape index (κ1) is 19.1. The average Bonchev–Trinajstić information content (AvgIpc) is 3.17. The fourth-order valence-electron chi connectivity index (χ4n) is 3.49. The molecule has 0 aliphatic carbocycles. The van der Waals surface area contributed by atoms with Crippen LogP contribution in [0.2, 0.25) is 0 Å². The molecule has 1 unspecified atom stereocenters. The Hall–Kier alpha value is -3.23. The van der Waals surface area contributed by atoms with Gasteiger partial charge in [0, 0.05) is 35.6 Å². The van der Waals surface area contributed by atoms with E-state index in [4.69, 9.17) is 0 Å². The molecule has 1 amide bonds. The lowest BCUT2D eigenvalue weighted by Gasteiger charge is -2.19. The maximum Gasteiger partial charge on any atom is 0.404 e. The van der Waals surface area contributed by atoms with Gasteiger partial charge in [-0.15, -0.1) is 0 Å². The van der Waals surface area contributed by atoms with Gasteiger partial charge in [-0.25, -0.2) is 8.78 Å². The van der Waals surface area contributed by atoms with Crippen molar-refractivity contribution in [3.8, 4) is 11.1 Å². The lowest BCUT2D eigenvalue weighted by molar-refractivity contribution is -0.161. The molecule has 1 aliphatic rings. The number of benzene rings is 2. The number of carbonyl (C=O) groups excluding carboxylic acids is 1. The molecule has 1 atom stereocenters. The van der Waals surface area contributed by atoms with E-state index in [0.29, 0.717) is 17.2 Å². The highest BCUT2D eigenvalue weighted by atomic mass is 19.4. The van der Waals surface area contributed by atoms with Crippen LogP contribution < -0.4 is 4.90 Å². The van der Waals surface area contributed by atoms with Gasteiger partial charge in [0.05, 0.1) is 12.7 Å². The summed E-state index contributed by atoms with van der Waals surface area (Å²) in [6, 6.07) is 7.03. The fraction of sp³-hybridized carbons (Fsp3) is 0.200. The van der Waals surface area contributed by atoms with Gasteiger partial charge in [-0.2, -0.15) is 18.3 Å². The number of hydrogen-bond donors (Lipinski definition) is 0. The molecule has 29 heavy (non-hydrogen) atoms. The smallest absolute Gasteiger partial charge is 0.307 e. The molecule has 0 spiro atoms. The Kier molecular flexibility index (Phi) is 4.40. The van der Waals surface area contributed by atoms with Crippen molar-refractivity contribution < 1.29 is 26.7 Å². The van der Waals surface area contributed by atoms with Crippen LogP contribution in [0.3, 0.4) is 0 Å². The normalized spacial score (nSPS) is 16.4. The van der Waals surface area contributed by atoms with E-state index < -0.39 is 41.7 Å². The number of alkyl halides is 3. The summed E-state index contributed by atoms with van der Waals surface area (Å²) in [5, 5.41) is 4.01. The molecule has 0 fully saturated rings. The number of carbonyl (C=O) groups is 1.